The van der Waals surface area contributed by atoms with Gasteiger partial charge in [0.25, 0.3) is 0 Å². The number of thiophene rings is 1. The smallest absolute Gasteiger partial charge is 0.150 e. The Kier molecular flexibility index (Phi) is 5.93. The molecule has 0 unspecified atom stereocenters. The van der Waals surface area contributed by atoms with Crippen molar-refractivity contribution in [1.29, 1.82) is 0 Å². The molecule has 2 aliphatic rings. The van der Waals surface area contributed by atoms with Crippen molar-refractivity contribution in [2.24, 2.45) is 0 Å². The quantitative estimate of drug-likeness (QED) is 0.566. The molecule has 1 saturated heterocycles. The van der Waals surface area contributed by atoms with Crippen LogP contribution in [0.3, 0.4) is 0 Å². The van der Waals surface area contributed by atoms with Crippen LogP contribution in [0.25, 0.3) is 20.4 Å². The summed E-state index contributed by atoms with van der Waals surface area (Å²) in [4.78, 5) is 19.8. The number of ether oxygens (including phenoxy) is 1. The predicted molar refractivity (Wildman–Crippen MR) is 132 cm³/mol. The highest BCUT2D eigenvalue weighted by Gasteiger charge is 2.34. The van der Waals surface area contributed by atoms with Gasteiger partial charge in [-0.1, -0.05) is 0 Å². The van der Waals surface area contributed by atoms with Crippen molar-refractivity contribution in [2.75, 3.05) is 36.0 Å². The van der Waals surface area contributed by atoms with E-state index in [9.17, 15) is 10.2 Å². The Labute approximate surface area is 198 Å². The van der Waals surface area contributed by atoms with Gasteiger partial charge < -0.3 is 24.7 Å². The van der Waals surface area contributed by atoms with Crippen LogP contribution in [0.5, 0.6) is 0 Å². The molecular weight excluding hydrogens is 438 g/mol. The van der Waals surface area contributed by atoms with Crippen LogP contribution < -0.4 is 9.80 Å². The number of fused-ring (bicyclic) bond motifs is 5. The normalized spacial score (nSPS) is 19.8. The number of aliphatic hydroxyl groups is 2. The second-order valence-electron chi connectivity index (χ2n) is 10.1. The zero-order valence-corrected chi connectivity index (χ0v) is 20.7. The summed E-state index contributed by atoms with van der Waals surface area (Å²) in [7, 11) is 0. The molecule has 33 heavy (non-hydrogen) atoms. The van der Waals surface area contributed by atoms with Gasteiger partial charge in [-0.15, -0.1) is 11.3 Å². The van der Waals surface area contributed by atoms with Crippen molar-refractivity contribution in [3.8, 4) is 0 Å². The van der Waals surface area contributed by atoms with Gasteiger partial charge in [0.05, 0.1) is 34.6 Å². The van der Waals surface area contributed by atoms with E-state index in [1.54, 1.807) is 31.5 Å². The van der Waals surface area contributed by atoms with Gasteiger partial charge in [0.1, 0.15) is 22.8 Å². The van der Waals surface area contributed by atoms with E-state index in [0.717, 1.165) is 51.6 Å². The van der Waals surface area contributed by atoms with Crippen LogP contribution in [0.4, 0.5) is 11.6 Å². The molecule has 0 aromatic carbocycles. The van der Waals surface area contributed by atoms with E-state index in [0.29, 0.717) is 19.7 Å². The van der Waals surface area contributed by atoms with Gasteiger partial charge in [0.2, 0.25) is 0 Å². The van der Waals surface area contributed by atoms with Crippen LogP contribution >= 0.6 is 11.3 Å². The van der Waals surface area contributed by atoms with Crippen LogP contribution in [0.1, 0.15) is 51.7 Å². The molecule has 5 rings (SSSR count). The number of aromatic nitrogens is 3. The number of aliphatic hydroxyl groups excluding tert-OH is 2. The minimum atomic E-state index is -0.547. The van der Waals surface area contributed by atoms with E-state index in [4.69, 9.17) is 14.7 Å². The fraction of sp³-hybridized carbons (Fsp3) is 0.625. The number of pyridine rings is 1. The molecule has 1 fully saturated rings. The Bertz CT molecular complexity index is 1160. The third kappa shape index (κ3) is 4.27. The Balaban J connectivity index is 1.74. The maximum absolute atomic E-state index is 10.1. The summed E-state index contributed by atoms with van der Waals surface area (Å²) < 4.78 is 7.17. The summed E-state index contributed by atoms with van der Waals surface area (Å²) >= 11 is 1.61. The highest BCUT2D eigenvalue weighted by Crippen LogP contribution is 2.44. The number of rotatable bonds is 6. The van der Waals surface area contributed by atoms with Crippen LogP contribution in [0.15, 0.2) is 6.33 Å². The molecular formula is C24H33N5O3S. The zero-order valence-electron chi connectivity index (χ0n) is 19.8. The second kappa shape index (κ2) is 8.61. The average Bonchev–Trinajstić information content (AvgIpc) is 3.38. The average molecular weight is 472 g/mol. The summed E-state index contributed by atoms with van der Waals surface area (Å²) in [6.07, 6.45) is 3.68. The number of hydrogen-bond donors (Lipinski definition) is 2. The number of anilines is 2. The molecule has 0 amide bonds. The van der Waals surface area contributed by atoms with Crippen molar-refractivity contribution in [2.45, 2.75) is 71.4 Å². The van der Waals surface area contributed by atoms with E-state index in [-0.39, 0.29) is 5.60 Å². The standard InChI is InChI=1S/C24H33N5O3S/c1-14(30)10-29(11-15(2)31)22-20-19(25-13-26-22)18-16-9-24(3,4)32-12-17(16)21(27-23(18)33-20)28-7-5-6-8-28/h13-15,30-31H,5-12H2,1-4H3/t14-,15+. The molecule has 0 spiro atoms. The van der Waals surface area contributed by atoms with E-state index in [1.165, 1.54) is 24.0 Å². The molecule has 178 valence electrons. The van der Waals surface area contributed by atoms with E-state index in [1.807, 2.05) is 4.90 Å². The maximum atomic E-state index is 10.1. The molecule has 8 nitrogen and oxygen atoms in total. The van der Waals surface area contributed by atoms with E-state index >= 15 is 0 Å². The molecule has 2 atom stereocenters. The molecule has 9 heteroatoms. The van der Waals surface area contributed by atoms with Crippen molar-refractivity contribution < 1.29 is 14.9 Å². The SMILES string of the molecule is C[C@H](O)CN(C[C@@H](C)O)c1ncnc2c1sc1nc(N3CCCC3)c3c(c12)CC(C)(C)OC3. The van der Waals surface area contributed by atoms with Gasteiger partial charge in [-0.2, -0.15) is 0 Å². The topological polar surface area (TPSA) is 94.8 Å². The minimum Gasteiger partial charge on any atom is -0.392 e. The monoisotopic (exact) mass is 471 g/mol. The zero-order chi connectivity index (χ0) is 23.3. The maximum Gasteiger partial charge on any atom is 0.150 e. The Morgan fingerprint density at radius 1 is 1.12 bits per heavy atom. The Morgan fingerprint density at radius 3 is 2.48 bits per heavy atom. The van der Waals surface area contributed by atoms with Gasteiger partial charge >= 0.3 is 0 Å². The van der Waals surface area contributed by atoms with Crippen LogP contribution in [-0.2, 0) is 17.8 Å². The lowest BCUT2D eigenvalue weighted by Crippen LogP contribution is -2.37. The molecule has 0 saturated carbocycles. The third-order valence-corrected chi connectivity index (χ3v) is 7.53. The first-order valence-electron chi connectivity index (χ1n) is 11.8. The van der Waals surface area contributed by atoms with Crippen molar-refractivity contribution in [3.63, 3.8) is 0 Å². The van der Waals surface area contributed by atoms with Crippen molar-refractivity contribution in [1.82, 2.24) is 15.0 Å². The molecule has 0 radical (unpaired) electrons. The van der Waals surface area contributed by atoms with Gasteiger partial charge in [0.15, 0.2) is 0 Å². The summed E-state index contributed by atoms with van der Waals surface area (Å²) in [5.41, 5.74) is 3.12. The minimum absolute atomic E-state index is 0.252. The van der Waals surface area contributed by atoms with Gasteiger partial charge in [0, 0.05) is 43.5 Å². The third-order valence-electron chi connectivity index (χ3n) is 6.46. The lowest BCUT2D eigenvalue weighted by molar-refractivity contribution is -0.0395. The van der Waals surface area contributed by atoms with Crippen LogP contribution in [0, 0.1) is 0 Å². The first-order chi connectivity index (χ1) is 15.7. The first kappa shape index (κ1) is 22.7. The highest BCUT2D eigenvalue weighted by molar-refractivity contribution is 7.26. The first-order valence-corrected chi connectivity index (χ1v) is 12.6. The second-order valence-corrected chi connectivity index (χ2v) is 11.1. The predicted octanol–water partition coefficient (Wildman–Crippen LogP) is 3.26. The van der Waals surface area contributed by atoms with Gasteiger partial charge in [-0.05, 0) is 46.1 Å². The van der Waals surface area contributed by atoms with Gasteiger partial charge in [-0.3, -0.25) is 0 Å². The fourth-order valence-electron chi connectivity index (χ4n) is 5.08. The van der Waals surface area contributed by atoms with Crippen LogP contribution in [-0.4, -0.2) is 69.2 Å². The number of nitrogens with zero attached hydrogens (tertiary/aromatic N) is 5. The molecule has 2 N–H and O–H groups in total. The molecule has 0 bridgehead atoms. The molecule has 0 aliphatic carbocycles. The lowest BCUT2D eigenvalue weighted by Gasteiger charge is -2.34. The van der Waals surface area contributed by atoms with E-state index in [2.05, 4.69) is 23.7 Å². The summed E-state index contributed by atoms with van der Waals surface area (Å²) in [6, 6.07) is 0. The van der Waals surface area contributed by atoms with Gasteiger partial charge in [-0.25, -0.2) is 15.0 Å². The molecule has 3 aromatic heterocycles. The summed E-state index contributed by atoms with van der Waals surface area (Å²) in [6.45, 7) is 11.2. The molecule has 5 heterocycles. The van der Waals surface area contributed by atoms with Crippen LogP contribution in [0.2, 0.25) is 0 Å². The molecule has 3 aromatic rings. The largest absolute Gasteiger partial charge is 0.392 e. The molecule has 2 aliphatic heterocycles. The number of hydrogen-bond acceptors (Lipinski definition) is 9. The summed E-state index contributed by atoms with van der Waals surface area (Å²) in [5.74, 6) is 1.80. The Morgan fingerprint density at radius 2 is 1.82 bits per heavy atom. The lowest BCUT2D eigenvalue weighted by atomic mass is 9.90. The van der Waals surface area contributed by atoms with Crippen molar-refractivity contribution in [3.05, 3.63) is 17.5 Å². The Hall–Kier alpha value is -2.07. The summed E-state index contributed by atoms with van der Waals surface area (Å²) in [5, 5.41) is 21.3. The van der Waals surface area contributed by atoms with Crippen molar-refractivity contribution >= 4 is 43.4 Å². The van der Waals surface area contributed by atoms with E-state index < -0.39 is 12.2 Å². The highest BCUT2D eigenvalue weighted by atomic mass is 32.1. The fourth-order valence-corrected chi connectivity index (χ4v) is 6.25.